The van der Waals surface area contributed by atoms with Crippen molar-refractivity contribution in [3.63, 3.8) is 0 Å². The molecule has 4 aromatic rings. The molecule has 0 aliphatic carbocycles. The lowest BCUT2D eigenvalue weighted by atomic mass is 10.1. The van der Waals surface area contributed by atoms with E-state index < -0.39 is 0 Å². The molecule has 2 heterocycles. The summed E-state index contributed by atoms with van der Waals surface area (Å²) in [6, 6.07) is 20.8. The van der Waals surface area contributed by atoms with Gasteiger partial charge in [-0.15, -0.1) is 0 Å². The van der Waals surface area contributed by atoms with Crippen LogP contribution >= 0.6 is 0 Å². The van der Waals surface area contributed by atoms with Crippen LogP contribution in [0.1, 0.15) is 0 Å². The molecule has 1 N–H and O–H groups in total. The third-order valence-electron chi connectivity index (χ3n) is 3.45. The van der Waals surface area contributed by atoms with Gasteiger partial charge in [0.15, 0.2) is 0 Å². The number of nitrogens with one attached hydrogen (secondary N) is 1. The lowest BCUT2D eigenvalue weighted by molar-refractivity contribution is 1.39. The second-order valence-electron chi connectivity index (χ2n) is 4.65. The molecule has 2 aromatic carbocycles. The zero-order valence-corrected chi connectivity index (χ0v) is 10.3. The van der Waals surface area contributed by atoms with Crippen LogP contribution in [0.2, 0.25) is 0 Å². The van der Waals surface area contributed by atoms with Gasteiger partial charge in [0.2, 0.25) is 0 Å². The number of para-hydroxylation sites is 2. The standard InChI is InChI=1S/C17H12N2/c1-2-9-15-13(5-1)11-16(19-15)14-8-3-6-12-7-4-10-18-17(12)14/h1-11,19H. The minimum atomic E-state index is 1.04. The van der Waals surface area contributed by atoms with Crippen molar-refractivity contribution in [3.8, 4) is 11.3 Å². The summed E-state index contributed by atoms with van der Waals surface area (Å²) in [4.78, 5) is 7.97. The normalized spacial score (nSPS) is 11.2. The van der Waals surface area contributed by atoms with E-state index in [1.165, 1.54) is 10.8 Å². The van der Waals surface area contributed by atoms with E-state index in [1.807, 2.05) is 18.3 Å². The van der Waals surface area contributed by atoms with Crippen LogP contribution in [0.4, 0.5) is 0 Å². The summed E-state index contributed by atoms with van der Waals surface area (Å²) in [6.45, 7) is 0. The van der Waals surface area contributed by atoms with E-state index in [-0.39, 0.29) is 0 Å². The zero-order valence-electron chi connectivity index (χ0n) is 10.3. The number of hydrogen-bond donors (Lipinski definition) is 1. The molecular weight excluding hydrogens is 232 g/mol. The van der Waals surface area contributed by atoms with Gasteiger partial charge < -0.3 is 4.98 Å². The van der Waals surface area contributed by atoms with E-state index in [0.717, 1.165) is 22.3 Å². The summed E-state index contributed by atoms with van der Waals surface area (Å²) in [5.74, 6) is 0. The van der Waals surface area contributed by atoms with Crippen LogP contribution in [0.3, 0.4) is 0 Å². The molecule has 2 heteroatoms. The summed E-state index contributed by atoms with van der Waals surface area (Å²) in [6.07, 6.45) is 1.84. The summed E-state index contributed by atoms with van der Waals surface area (Å²) >= 11 is 0. The highest BCUT2D eigenvalue weighted by atomic mass is 14.7. The number of pyridine rings is 1. The van der Waals surface area contributed by atoms with Crippen LogP contribution in [-0.2, 0) is 0 Å². The first-order valence-electron chi connectivity index (χ1n) is 6.34. The Bertz CT molecular complexity index is 836. The predicted octanol–water partition coefficient (Wildman–Crippen LogP) is 4.38. The first kappa shape index (κ1) is 10.3. The van der Waals surface area contributed by atoms with Crippen molar-refractivity contribution in [1.82, 2.24) is 9.97 Å². The number of nitrogens with zero attached hydrogens (tertiary/aromatic N) is 1. The molecule has 19 heavy (non-hydrogen) atoms. The smallest absolute Gasteiger partial charge is 0.0795 e. The number of aromatic nitrogens is 2. The van der Waals surface area contributed by atoms with Gasteiger partial charge in [-0.2, -0.15) is 0 Å². The van der Waals surface area contributed by atoms with Crippen LogP contribution in [0.15, 0.2) is 66.9 Å². The summed E-state index contributed by atoms with van der Waals surface area (Å²) in [7, 11) is 0. The molecule has 0 saturated heterocycles. The van der Waals surface area contributed by atoms with Gasteiger partial charge in [-0.3, -0.25) is 4.98 Å². The van der Waals surface area contributed by atoms with Gasteiger partial charge in [0, 0.05) is 33.7 Å². The van der Waals surface area contributed by atoms with Gasteiger partial charge in [-0.25, -0.2) is 0 Å². The van der Waals surface area contributed by atoms with E-state index in [9.17, 15) is 0 Å². The third-order valence-corrected chi connectivity index (χ3v) is 3.45. The van der Waals surface area contributed by atoms with Gasteiger partial charge in [-0.05, 0) is 18.2 Å². The molecule has 0 unspecified atom stereocenters. The average molecular weight is 244 g/mol. The molecule has 0 atom stereocenters. The Balaban J connectivity index is 2.03. The van der Waals surface area contributed by atoms with E-state index >= 15 is 0 Å². The van der Waals surface area contributed by atoms with Crippen LogP contribution < -0.4 is 0 Å². The molecule has 0 radical (unpaired) electrons. The van der Waals surface area contributed by atoms with Crippen molar-refractivity contribution in [1.29, 1.82) is 0 Å². The van der Waals surface area contributed by atoms with E-state index in [1.54, 1.807) is 0 Å². The Kier molecular flexibility index (Phi) is 2.15. The molecule has 0 bridgehead atoms. The van der Waals surface area contributed by atoms with E-state index in [2.05, 4.69) is 58.5 Å². The number of rotatable bonds is 1. The van der Waals surface area contributed by atoms with Crippen LogP contribution in [0.25, 0.3) is 33.1 Å². The number of aromatic amines is 1. The second-order valence-corrected chi connectivity index (χ2v) is 4.65. The van der Waals surface area contributed by atoms with Crippen molar-refractivity contribution >= 4 is 21.8 Å². The lowest BCUT2D eigenvalue weighted by Crippen LogP contribution is -1.83. The molecular formula is C17H12N2. The minimum absolute atomic E-state index is 1.04. The SMILES string of the molecule is c1ccc2[nH]c(-c3cccc4cccnc34)cc2c1. The third kappa shape index (κ3) is 1.61. The van der Waals surface area contributed by atoms with Gasteiger partial charge in [-0.1, -0.05) is 42.5 Å². The fraction of sp³-hybridized carbons (Fsp3) is 0. The Labute approximate surface area is 110 Å². The Morgan fingerprint density at radius 1 is 0.789 bits per heavy atom. The maximum Gasteiger partial charge on any atom is 0.0795 e. The van der Waals surface area contributed by atoms with E-state index in [0.29, 0.717) is 0 Å². The van der Waals surface area contributed by atoms with Crippen LogP contribution in [0.5, 0.6) is 0 Å². The van der Waals surface area contributed by atoms with Crippen molar-refractivity contribution in [3.05, 3.63) is 66.9 Å². The highest BCUT2D eigenvalue weighted by Crippen LogP contribution is 2.28. The quantitative estimate of drug-likeness (QED) is 0.528. The summed E-state index contributed by atoms with van der Waals surface area (Å²) < 4.78 is 0. The van der Waals surface area contributed by atoms with Crippen molar-refractivity contribution in [2.24, 2.45) is 0 Å². The molecule has 0 saturated carbocycles. The minimum Gasteiger partial charge on any atom is -0.354 e. The Hall–Kier alpha value is -2.61. The van der Waals surface area contributed by atoms with E-state index in [4.69, 9.17) is 0 Å². The largest absolute Gasteiger partial charge is 0.354 e. The van der Waals surface area contributed by atoms with Crippen LogP contribution in [0, 0.1) is 0 Å². The van der Waals surface area contributed by atoms with Crippen molar-refractivity contribution in [2.45, 2.75) is 0 Å². The summed E-state index contributed by atoms with van der Waals surface area (Å²) in [5.41, 5.74) is 4.46. The molecule has 4 rings (SSSR count). The molecule has 0 aliphatic heterocycles. The molecule has 0 fully saturated rings. The van der Waals surface area contributed by atoms with Crippen LogP contribution in [-0.4, -0.2) is 9.97 Å². The highest BCUT2D eigenvalue weighted by Gasteiger charge is 2.07. The number of fused-ring (bicyclic) bond motifs is 2. The molecule has 90 valence electrons. The van der Waals surface area contributed by atoms with Crippen molar-refractivity contribution < 1.29 is 0 Å². The van der Waals surface area contributed by atoms with Gasteiger partial charge in [0.05, 0.1) is 5.52 Å². The summed E-state index contributed by atoms with van der Waals surface area (Å²) in [5, 5.41) is 2.39. The van der Waals surface area contributed by atoms with Gasteiger partial charge >= 0.3 is 0 Å². The molecule has 0 amide bonds. The Morgan fingerprint density at radius 3 is 2.58 bits per heavy atom. The molecule has 0 spiro atoms. The van der Waals surface area contributed by atoms with Gasteiger partial charge in [0.25, 0.3) is 0 Å². The lowest BCUT2D eigenvalue weighted by Gasteiger charge is -2.03. The molecule has 2 aromatic heterocycles. The van der Waals surface area contributed by atoms with Gasteiger partial charge in [0.1, 0.15) is 0 Å². The fourth-order valence-electron chi connectivity index (χ4n) is 2.54. The first-order valence-corrected chi connectivity index (χ1v) is 6.34. The monoisotopic (exact) mass is 244 g/mol. The highest BCUT2D eigenvalue weighted by molar-refractivity contribution is 5.96. The first-order chi connectivity index (χ1) is 9.42. The zero-order chi connectivity index (χ0) is 12.7. The number of H-pyrrole nitrogens is 1. The topological polar surface area (TPSA) is 28.7 Å². The predicted molar refractivity (Wildman–Crippen MR) is 79.0 cm³/mol. The molecule has 2 nitrogen and oxygen atoms in total. The maximum absolute atomic E-state index is 4.51. The molecule has 0 aliphatic rings. The average Bonchev–Trinajstić information content (AvgIpc) is 2.90. The maximum atomic E-state index is 4.51. The number of benzene rings is 2. The van der Waals surface area contributed by atoms with Crippen molar-refractivity contribution in [2.75, 3.05) is 0 Å². The Morgan fingerprint density at radius 2 is 1.63 bits per heavy atom. The fourth-order valence-corrected chi connectivity index (χ4v) is 2.54. The number of hydrogen-bond acceptors (Lipinski definition) is 1. The second kappa shape index (κ2) is 3.95.